The summed E-state index contributed by atoms with van der Waals surface area (Å²) in [6.07, 6.45) is 0. The highest BCUT2D eigenvalue weighted by Crippen LogP contribution is 2.32. The van der Waals surface area contributed by atoms with Gasteiger partial charge in [0.15, 0.2) is 11.5 Å². The molecule has 5 nitrogen and oxygen atoms in total. The van der Waals surface area contributed by atoms with Crippen molar-refractivity contribution in [3.8, 4) is 11.5 Å². The second-order valence-electron chi connectivity index (χ2n) is 4.40. The van der Waals surface area contributed by atoms with Gasteiger partial charge in [-0.2, -0.15) is 0 Å². The average molecular weight is 270 g/mol. The summed E-state index contributed by atoms with van der Waals surface area (Å²) in [6.45, 7) is 1.05. The molecule has 2 aromatic carbocycles. The molecule has 0 saturated carbocycles. The Morgan fingerprint density at radius 1 is 1.05 bits per heavy atom. The zero-order valence-electron chi connectivity index (χ0n) is 10.8. The van der Waals surface area contributed by atoms with Gasteiger partial charge in [0.25, 0.3) is 5.91 Å². The lowest BCUT2D eigenvalue weighted by atomic mass is 10.1. The van der Waals surface area contributed by atoms with Gasteiger partial charge in [-0.1, -0.05) is 12.1 Å². The standard InChI is InChI=1S/C15H14N2O3/c16-12-4-2-1-3-11(12)15(18)17-10-5-6-13-14(9-10)20-8-7-19-13/h1-6,9H,7-8,16H2,(H,17,18). The molecule has 2 aromatic rings. The van der Waals surface area contributed by atoms with E-state index in [9.17, 15) is 4.79 Å². The number of carbonyl (C=O) groups is 1. The molecule has 0 saturated heterocycles. The third kappa shape index (κ3) is 2.38. The molecular formula is C15H14N2O3. The van der Waals surface area contributed by atoms with Gasteiger partial charge in [-0.05, 0) is 24.3 Å². The Hall–Kier alpha value is -2.69. The Morgan fingerprint density at radius 2 is 1.80 bits per heavy atom. The van der Waals surface area contributed by atoms with Crippen molar-refractivity contribution in [3.63, 3.8) is 0 Å². The van der Waals surface area contributed by atoms with Crippen molar-refractivity contribution < 1.29 is 14.3 Å². The van der Waals surface area contributed by atoms with E-state index in [0.29, 0.717) is 41.7 Å². The molecular weight excluding hydrogens is 256 g/mol. The van der Waals surface area contributed by atoms with Crippen LogP contribution in [0, 0.1) is 0 Å². The molecule has 0 spiro atoms. The van der Waals surface area contributed by atoms with Crippen LogP contribution in [0.4, 0.5) is 11.4 Å². The van der Waals surface area contributed by atoms with Gasteiger partial charge >= 0.3 is 0 Å². The van der Waals surface area contributed by atoms with Crippen LogP contribution in [0.25, 0.3) is 0 Å². The number of hydrogen-bond donors (Lipinski definition) is 2. The number of nitrogens with one attached hydrogen (secondary N) is 1. The van der Waals surface area contributed by atoms with Crippen LogP contribution in [-0.2, 0) is 0 Å². The Balaban J connectivity index is 1.81. The normalized spacial score (nSPS) is 12.8. The molecule has 0 bridgehead atoms. The van der Waals surface area contributed by atoms with Gasteiger partial charge in [0.05, 0.1) is 5.56 Å². The van der Waals surface area contributed by atoms with Crippen molar-refractivity contribution in [2.45, 2.75) is 0 Å². The van der Waals surface area contributed by atoms with Crippen molar-refractivity contribution in [2.24, 2.45) is 0 Å². The minimum atomic E-state index is -0.250. The quantitative estimate of drug-likeness (QED) is 0.821. The van der Waals surface area contributed by atoms with E-state index in [0.717, 1.165) is 0 Å². The Labute approximate surface area is 116 Å². The van der Waals surface area contributed by atoms with E-state index in [-0.39, 0.29) is 5.91 Å². The molecule has 3 rings (SSSR count). The van der Waals surface area contributed by atoms with Gasteiger partial charge in [0.1, 0.15) is 13.2 Å². The van der Waals surface area contributed by atoms with Crippen LogP contribution in [0.1, 0.15) is 10.4 Å². The maximum absolute atomic E-state index is 12.1. The first kappa shape index (κ1) is 12.3. The van der Waals surface area contributed by atoms with Crippen LogP contribution in [-0.4, -0.2) is 19.1 Å². The fourth-order valence-corrected chi connectivity index (χ4v) is 2.02. The first-order chi connectivity index (χ1) is 9.74. The number of fused-ring (bicyclic) bond motifs is 1. The number of nitrogen functional groups attached to an aromatic ring is 1. The lowest BCUT2D eigenvalue weighted by molar-refractivity contribution is 0.102. The lowest BCUT2D eigenvalue weighted by Crippen LogP contribution is -2.17. The lowest BCUT2D eigenvalue weighted by Gasteiger charge is -2.19. The molecule has 1 aliphatic rings. The highest BCUT2D eigenvalue weighted by atomic mass is 16.6. The molecule has 20 heavy (non-hydrogen) atoms. The van der Waals surface area contributed by atoms with Gasteiger partial charge < -0.3 is 20.5 Å². The molecule has 102 valence electrons. The van der Waals surface area contributed by atoms with Gasteiger partial charge in [-0.15, -0.1) is 0 Å². The topological polar surface area (TPSA) is 73.6 Å². The number of rotatable bonds is 2. The van der Waals surface area contributed by atoms with Crippen LogP contribution in [0.3, 0.4) is 0 Å². The monoisotopic (exact) mass is 270 g/mol. The van der Waals surface area contributed by atoms with Crippen LogP contribution < -0.4 is 20.5 Å². The van der Waals surface area contributed by atoms with E-state index >= 15 is 0 Å². The summed E-state index contributed by atoms with van der Waals surface area (Å²) in [5, 5.41) is 2.79. The highest BCUT2D eigenvalue weighted by molar-refractivity contribution is 6.07. The number of benzene rings is 2. The summed E-state index contributed by atoms with van der Waals surface area (Å²) in [5.74, 6) is 1.07. The van der Waals surface area contributed by atoms with E-state index in [2.05, 4.69) is 5.32 Å². The summed E-state index contributed by atoms with van der Waals surface area (Å²) in [4.78, 5) is 12.1. The zero-order valence-corrected chi connectivity index (χ0v) is 10.8. The Morgan fingerprint density at radius 3 is 2.60 bits per heavy atom. The maximum Gasteiger partial charge on any atom is 0.257 e. The van der Waals surface area contributed by atoms with Crippen LogP contribution in [0.5, 0.6) is 11.5 Å². The van der Waals surface area contributed by atoms with E-state index in [1.165, 1.54) is 0 Å². The predicted octanol–water partition coefficient (Wildman–Crippen LogP) is 2.29. The summed E-state index contributed by atoms with van der Waals surface area (Å²) in [6, 6.07) is 12.2. The summed E-state index contributed by atoms with van der Waals surface area (Å²) >= 11 is 0. The van der Waals surface area contributed by atoms with Gasteiger partial charge in [-0.3, -0.25) is 4.79 Å². The summed E-state index contributed by atoms with van der Waals surface area (Å²) < 4.78 is 10.9. The second-order valence-corrected chi connectivity index (χ2v) is 4.40. The van der Waals surface area contributed by atoms with Crippen molar-refractivity contribution in [1.29, 1.82) is 0 Å². The maximum atomic E-state index is 12.1. The third-order valence-corrected chi connectivity index (χ3v) is 3.01. The van der Waals surface area contributed by atoms with E-state index < -0.39 is 0 Å². The zero-order chi connectivity index (χ0) is 13.9. The molecule has 0 aromatic heterocycles. The number of amides is 1. The van der Waals surface area contributed by atoms with Crippen molar-refractivity contribution in [2.75, 3.05) is 24.3 Å². The fraction of sp³-hybridized carbons (Fsp3) is 0.133. The van der Waals surface area contributed by atoms with Crippen LogP contribution in [0.2, 0.25) is 0 Å². The van der Waals surface area contributed by atoms with Gasteiger partial charge in [0.2, 0.25) is 0 Å². The van der Waals surface area contributed by atoms with Crippen molar-refractivity contribution in [1.82, 2.24) is 0 Å². The number of hydrogen-bond acceptors (Lipinski definition) is 4. The molecule has 1 aliphatic heterocycles. The van der Waals surface area contributed by atoms with E-state index in [1.807, 2.05) is 0 Å². The van der Waals surface area contributed by atoms with Crippen molar-refractivity contribution >= 4 is 17.3 Å². The Kier molecular flexibility index (Phi) is 3.16. The SMILES string of the molecule is Nc1ccccc1C(=O)Nc1ccc2c(c1)OCCO2. The van der Waals surface area contributed by atoms with Gasteiger partial charge in [-0.25, -0.2) is 0 Å². The smallest absolute Gasteiger partial charge is 0.257 e. The van der Waals surface area contributed by atoms with Crippen LogP contribution in [0.15, 0.2) is 42.5 Å². The van der Waals surface area contributed by atoms with E-state index in [1.54, 1.807) is 42.5 Å². The number of para-hydroxylation sites is 1. The fourth-order valence-electron chi connectivity index (χ4n) is 2.02. The molecule has 0 atom stereocenters. The minimum Gasteiger partial charge on any atom is -0.486 e. The molecule has 1 heterocycles. The molecule has 0 radical (unpaired) electrons. The molecule has 3 N–H and O–H groups in total. The molecule has 0 unspecified atom stereocenters. The third-order valence-electron chi connectivity index (χ3n) is 3.01. The number of carbonyl (C=O) groups excluding carboxylic acids is 1. The predicted molar refractivity (Wildman–Crippen MR) is 76.2 cm³/mol. The summed E-state index contributed by atoms with van der Waals surface area (Å²) in [7, 11) is 0. The highest BCUT2D eigenvalue weighted by Gasteiger charge is 2.14. The Bertz CT molecular complexity index is 655. The van der Waals surface area contributed by atoms with Gasteiger partial charge in [0, 0.05) is 17.4 Å². The largest absolute Gasteiger partial charge is 0.486 e. The number of nitrogens with two attached hydrogens (primary N) is 1. The molecule has 0 aliphatic carbocycles. The van der Waals surface area contributed by atoms with Crippen molar-refractivity contribution in [3.05, 3.63) is 48.0 Å². The molecule has 0 fully saturated rings. The second kappa shape index (κ2) is 5.13. The summed E-state index contributed by atoms with van der Waals surface area (Å²) in [5.41, 5.74) is 7.32. The average Bonchev–Trinajstić information content (AvgIpc) is 2.47. The number of anilines is 2. The molecule has 1 amide bonds. The first-order valence-electron chi connectivity index (χ1n) is 6.29. The van der Waals surface area contributed by atoms with E-state index in [4.69, 9.17) is 15.2 Å². The minimum absolute atomic E-state index is 0.250. The number of ether oxygens (including phenoxy) is 2. The van der Waals surface area contributed by atoms with Crippen LogP contribution >= 0.6 is 0 Å². The first-order valence-corrected chi connectivity index (χ1v) is 6.29. The molecule has 5 heteroatoms.